The Kier molecular flexibility index (Phi) is 2.96. The summed E-state index contributed by atoms with van der Waals surface area (Å²) >= 11 is 0. The highest BCUT2D eigenvalue weighted by Crippen LogP contribution is 2.26. The van der Waals surface area contributed by atoms with Crippen molar-refractivity contribution in [1.82, 2.24) is 0 Å². The van der Waals surface area contributed by atoms with Crippen LogP contribution in [0.1, 0.15) is 34.1 Å². The summed E-state index contributed by atoms with van der Waals surface area (Å²) in [4.78, 5) is 0. The summed E-state index contributed by atoms with van der Waals surface area (Å²) in [6.45, 7) is 12.5. The van der Waals surface area contributed by atoms with E-state index in [1.165, 1.54) is 5.57 Å². The van der Waals surface area contributed by atoms with E-state index in [0.717, 1.165) is 6.42 Å². The molecule has 0 atom stereocenters. The summed E-state index contributed by atoms with van der Waals surface area (Å²) in [5.41, 5.74) is 1.60. The van der Waals surface area contributed by atoms with Gasteiger partial charge in [-0.25, -0.2) is 0 Å². The number of rotatable bonds is 3. The Balaban J connectivity index is 3.71. The molecule has 0 spiro atoms. The lowest BCUT2D eigenvalue weighted by atomic mass is 9.84. The molecule has 53 valence electrons. The van der Waals surface area contributed by atoms with Crippen molar-refractivity contribution in [2.24, 2.45) is 5.41 Å². The topological polar surface area (TPSA) is 0 Å². The van der Waals surface area contributed by atoms with Gasteiger partial charge >= 0.3 is 0 Å². The lowest BCUT2D eigenvalue weighted by molar-refractivity contribution is 0.435. The zero-order valence-corrected chi connectivity index (χ0v) is 6.99. The minimum Gasteiger partial charge on any atom is -0.100 e. The molecule has 0 heteroatoms. The molecule has 0 aromatic heterocycles. The van der Waals surface area contributed by atoms with Crippen LogP contribution < -0.4 is 0 Å². The van der Waals surface area contributed by atoms with Crippen LogP contribution in [0.4, 0.5) is 0 Å². The first-order valence-electron chi connectivity index (χ1n) is 3.43. The maximum Gasteiger partial charge on any atom is -0.0271 e. The molecule has 0 rings (SSSR count). The first-order valence-corrected chi connectivity index (χ1v) is 3.43. The van der Waals surface area contributed by atoms with Gasteiger partial charge in [0.15, 0.2) is 0 Å². The molecular weight excluding hydrogens is 108 g/mol. The van der Waals surface area contributed by atoms with Crippen LogP contribution in [0.3, 0.4) is 0 Å². The molecule has 1 radical (unpaired) electrons. The van der Waals surface area contributed by atoms with Gasteiger partial charge in [-0.05, 0) is 25.2 Å². The summed E-state index contributed by atoms with van der Waals surface area (Å²) in [5.74, 6) is 0. The minimum atomic E-state index is 0.339. The second-order valence-electron chi connectivity index (χ2n) is 3.41. The first kappa shape index (κ1) is 8.74. The van der Waals surface area contributed by atoms with E-state index in [1.807, 2.05) is 0 Å². The molecule has 0 aromatic carbocycles. The van der Waals surface area contributed by atoms with E-state index in [2.05, 4.69) is 40.7 Å². The molecule has 0 fully saturated rings. The Bertz CT molecular complexity index is 98.6. The standard InChI is InChI=1S/C9H17/c1-6-9(4,5)7-8(2)3/h6H,2,7H2,1,3-5H3. The predicted molar refractivity (Wildman–Crippen MR) is 43.2 cm³/mol. The third-order valence-electron chi connectivity index (χ3n) is 1.54. The summed E-state index contributed by atoms with van der Waals surface area (Å²) < 4.78 is 0. The molecule has 0 heterocycles. The van der Waals surface area contributed by atoms with Crippen molar-refractivity contribution in [3.8, 4) is 0 Å². The van der Waals surface area contributed by atoms with Crippen LogP contribution in [0.25, 0.3) is 0 Å². The van der Waals surface area contributed by atoms with Crippen LogP contribution in [0.15, 0.2) is 12.2 Å². The Labute approximate surface area is 59.0 Å². The molecule has 9 heavy (non-hydrogen) atoms. The summed E-state index contributed by atoms with van der Waals surface area (Å²) in [5, 5.41) is 0. The fourth-order valence-electron chi connectivity index (χ4n) is 0.880. The van der Waals surface area contributed by atoms with Gasteiger partial charge in [0, 0.05) is 0 Å². The molecule has 0 N–H and O–H groups in total. The van der Waals surface area contributed by atoms with E-state index in [-0.39, 0.29) is 0 Å². The van der Waals surface area contributed by atoms with Crippen LogP contribution in [-0.4, -0.2) is 0 Å². The van der Waals surface area contributed by atoms with E-state index in [9.17, 15) is 0 Å². The summed E-state index contributed by atoms with van der Waals surface area (Å²) in [7, 11) is 0. The molecule has 0 aliphatic heterocycles. The van der Waals surface area contributed by atoms with E-state index in [4.69, 9.17) is 0 Å². The van der Waals surface area contributed by atoms with Gasteiger partial charge in [0.05, 0.1) is 0 Å². The Morgan fingerprint density at radius 3 is 2.11 bits per heavy atom. The van der Waals surface area contributed by atoms with Gasteiger partial charge in [0.1, 0.15) is 0 Å². The largest absolute Gasteiger partial charge is 0.100 e. The SMILES string of the molecule is C=C(C)CC(C)(C)[CH]C. The van der Waals surface area contributed by atoms with E-state index in [0.29, 0.717) is 5.41 Å². The second-order valence-corrected chi connectivity index (χ2v) is 3.41. The van der Waals surface area contributed by atoms with Crippen molar-refractivity contribution in [1.29, 1.82) is 0 Å². The molecule has 0 saturated heterocycles. The Hall–Kier alpha value is -0.260. The number of hydrogen-bond donors (Lipinski definition) is 0. The van der Waals surface area contributed by atoms with Gasteiger partial charge in [0.2, 0.25) is 0 Å². The average molecular weight is 125 g/mol. The van der Waals surface area contributed by atoms with E-state index >= 15 is 0 Å². The molecule has 0 aliphatic carbocycles. The van der Waals surface area contributed by atoms with E-state index < -0.39 is 0 Å². The van der Waals surface area contributed by atoms with Gasteiger partial charge in [-0.1, -0.05) is 26.3 Å². The van der Waals surface area contributed by atoms with Crippen LogP contribution >= 0.6 is 0 Å². The highest BCUT2D eigenvalue weighted by atomic mass is 14.2. The maximum atomic E-state index is 3.87. The highest BCUT2D eigenvalue weighted by Gasteiger charge is 2.14. The molecule has 0 aliphatic rings. The molecule has 0 nitrogen and oxygen atoms in total. The molecule has 0 saturated carbocycles. The second kappa shape index (κ2) is 3.05. The molecule has 0 amide bonds. The fourth-order valence-corrected chi connectivity index (χ4v) is 0.880. The Morgan fingerprint density at radius 2 is 2.00 bits per heavy atom. The van der Waals surface area contributed by atoms with Crippen molar-refractivity contribution >= 4 is 0 Å². The van der Waals surface area contributed by atoms with Gasteiger partial charge in [0.25, 0.3) is 0 Å². The lowest BCUT2D eigenvalue weighted by Gasteiger charge is -2.21. The quantitative estimate of drug-likeness (QED) is 0.508. The zero-order valence-electron chi connectivity index (χ0n) is 6.99. The smallest absolute Gasteiger partial charge is 0.0271 e. The average Bonchev–Trinajstić information content (AvgIpc) is 1.63. The van der Waals surface area contributed by atoms with Crippen molar-refractivity contribution in [3.05, 3.63) is 18.6 Å². The van der Waals surface area contributed by atoms with Crippen molar-refractivity contribution in [3.63, 3.8) is 0 Å². The molecular formula is C9H17. The third-order valence-corrected chi connectivity index (χ3v) is 1.54. The van der Waals surface area contributed by atoms with Crippen molar-refractivity contribution in [2.75, 3.05) is 0 Å². The number of hydrogen-bond acceptors (Lipinski definition) is 0. The number of allylic oxidation sites excluding steroid dienone is 1. The van der Waals surface area contributed by atoms with Gasteiger partial charge in [-0.2, -0.15) is 0 Å². The highest BCUT2D eigenvalue weighted by molar-refractivity contribution is 4.97. The van der Waals surface area contributed by atoms with Gasteiger partial charge in [-0.15, -0.1) is 6.58 Å². The fraction of sp³-hybridized carbons (Fsp3) is 0.667. The van der Waals surface area contributed by atoms with Gasteiger partial charge in [-0.3, -0.25) is 0 Å². The van der Waals surface area contributed by atoms with Crippen LogP contribution in [-0.2, 0) is 0 Å². The maximum absolute atomic E-state index is 3.87. The summed E-state index contributed by atoms with van der Waals surface area (Å²) in [6.07, 6.45) is 3.32. The zero-order chi connectivity index (χ0) is 7.49. The predicted octanol–water partition coefficient (Wildman–Crippen LogP) is 3.20. The van der Waals surface area contributed by atoms with Crippen LogP contribution in [0.2, 0.25) is 0 Å². The summed E-state index contributed by atoms with van der Waals surface area (Å²) in [6, 6.07) is 0. The minimum absolute atomic E-state index is 0.339. The van der Waals surface area contributed by atoms with Crippen LogP contribution in [0.5, 0.6) is 0 Å². The Morgan fingerprint density at radius 1 is 1.56 bits per heavy atom. The first-order chi connectivity index (χ1) is 3.98. The van der Waals surface area contributed by atoms with Crippen molar-refractivity contribution < 1.29 is 0 Å². The van der Waals surface area contributed by atoms with Crippen molar-refractivity contribution in [2.45, 2.75) is 34.1 Å². The lowest BCUT2D eigenvalue weighted by Crippen LogP contribution is -2.09. The molecule has 0 aromatic rings. The van der Waals surface area contributed by atoms with Crippen LogP contribution in [0, 0.1) is 11.8 Å². The monoisotopic (exact) mass is 125 g/mol. The third kappa shape index (κ3) is 4.26. The van der Waals surface area contributed by atoms with E-state index in [1.54, 1.807) is 0 Å². The molecule has 0 unspecified atom stereocenters. The normalized spacial score (nSPS) is 11.6. The molecule has 0 bridgehead atoms. The van der Waals surface area contributed by atoms with Gasteiger partial charge < -0.3 is 0 Å².